The minimum Gasteiger partial charge on any atom is -0.504 e. The van der Waals surface area contributed by atoms with Crippen molar-refractivity contribution in [2.24, 2.45) is 5.10 Å². The Labute approximate surface area is 127 Å². The van der Waals surface area contributed by atoms with Crippen LogP contribution in [0.15, 0.2) is 47.6 Å². The van der Waals surface area contributed by atoms with Crippen LogP contribution in [-0.4, -0.2) is 23.8 Å². The maximum atomic E-state index is 12.8. The number of halogens is 1. The zero-order chi connectivity index (χ0) is 15.9. The maximum absolute atomic E-state index is 12.8. The molecule has 114 valence electrons. The molecular formula is C16H15FN2O3. The predicted molar refractivity (Wildman–Crippen MR) is 80.7 cm³/mol. The zero-order valence-corrected chi connectivity index (χ0v) is 11.9. The molecule has 0 radical (unpaired) electrons. The third-order valence-electron chi connectivity index (χ3n) is 2.77. The Hall–Kier alpha value is -2.89. The minimum absolute atomic E-state index is 0.0364. The molecule has 2 aromatic rings. The van der Waals surface area contributed by atoms with E-state index in [-0.39, 0.29) is 5.75 Å². The Morgan fingerprint density at radius 3 is 2.73 bits per heavy atom. The lowest BCUT2D eigenvalue weighted by atomic mass is 10.2. The van der Waals surface area contributed by atoms with Gasteiger partial charge < -0.3 is 9.84 Å². The molecule has 2 N–H and O–H groups in total. The summed E-state index contributed by atoms with van der Waals surface area (Å²) in [6, 6.07) is 9.85. The van der Waals surface area contributed by atoms with E-state index in [1.165, 1.54) is 36.5 Å². The largest absolute Gasteiger partial charge is 0.504 e. The summed E-state index contributed by atoms with van der Waals surface area (Å²) in [6.45, 7) is 2.23. The number of amides is 1. The second kappa shape index (κ2) is 7.21. The molecule has 0 aliphatic carbocycles. The first kappa shape index (κ1) is 15.5. The molecule has 0 saturated carbocycles. The van der Waals surface area contributed by atoms with Crippen LogP contribution < -0.4 is 10.2 Å². The highest BCUT2D eigenvalue weighted by molar-refractivity contribution is 5.94. The van der Waals surface area contributed by atoms with Gasteiger partial charge in [0.25, 0.3) is 5.91 Å². The van der Waals surface area contributed by atoms with E-state index in [9.17, 15) is 14.3 Å². The zero-order valence-electron chi connectivity index (χ0n) is 11.9. The second-order valence-corrected chi connectivity index (χ2v) is 4.37. The van der Waals surface area contributed by atoms with Gasteiger partial charge in [-0.25, -0.2) is 9.82 Å². The highest BCUT2D eigenvalue weighted by Crippen LogP contribution is 2.26. The van der Waals surface area contributed by atoms with E-state index >= 15 is 0 Å². The Balaban J connectivity index is 2.01. The van der Waals surface area contributed by atoms with Crippen LogP contribution in [0.4, 0.5) is 4.39 Å². The smallest absolute Gasteiger partial charge is 0.271 e. The lowest BCUT2D eigenvalue weighted by molar-refractivity contribution is 0.0955. The van der Waals surface area contributed by atoms with E-state index in [0.29, 0.717) is 23.5 Å². The number of hydrogen-bond donors (Lipinski definition) is 2. The van der Waals surface area contributed by atoms with Gasteiger partial charge in [0.05, 0.1) is 12.8 Å². The van der Waals surface area contributed by atoms with Crippen LogP contribution in [-0.2, 0) is 0 Å². The Kier molecular flexibility index (Phi) is 5.08. The fraction of sp³-hybridized carbons (Fsp3) is 0.125. The second-order valence-electron chi connectivity index (χ2n) is 4.37. The molecule has 0 aliphatic rings. The normalized spacial score (nSPS) is 10.6. The fourth-order valence-electron chi connectivity index (χ4n) is 1.71. The minimum atomic E-state index is -0.444. The van der Waals surface area contributed by atoms with Gasteiger partial charge in [-0.1, -0.05) is 0 Å². The number of aromatic hydroxyl groups is 1. The number of hydrogen-bond acceptors (Lipinski definition) is 4. The third kappa shape index (κ3) is 4.05. The highest BCUT2D eigenvalue weighted by Gasteiger charge is 2.04. The Morgan fingerprint density at radius 2 is 2.05 bits per heavy atom. The molecule has 0 heterocycles. The van der Waals surface area contributed by atoms with Gasteiger partial charge in [0.15, 0.2) is 11.5 Å². The van der Waals surface area contributed by atoms with Gasteiger partial charge in [0.2, 0.25) is 0 Å². The van der Waals surface area contributed by atoms with Crippen LogP contribution in [0, 0.1) is 5.82 Å². The molecule has 1 amide bonds. The van der Waals surface area contributed by atoms with E-state index in [4.69, 9.17) is 4.74 Å². The van der Waals surface area contributed by atoms with E-state index in [2.05, 4.69) is 10.5 Å². The summed E-state index contributed by atoms with van der Waals surface area (Å²) in [5, 5.41) is 13.4. The monoisotopic (exact) mass is 302 g/mol. The number of phenolic OH excluding ortho intramolecular Hbond substituents is 1. The molecule has 0 bridgehead atoms. The van der Waals surface area contributed by atoms with Crippen LogP contribution in [0.3, 0.4) is 0 Å². The SMILES string of the molecule is CCOc1cc(/C=N/NC(=O)c2ccc(F)cc2)ccc1O. The van der Waals surface area contributed by atoms with Crippen molar-refractivity contribution in [3.8, 4) is 11.5 Å². The molecule has 0 atom stereocenters. The van der Waals surface area contributed by atoms with Crippen molar-refractivity contribution in [1.82, 2.24) is 5.43 Å². The summed E-state index contributed by atoms with van der Waals surface area (Å²) in [7, 11) is 0. The number of rotatable bonds is 5. The summed E-state index contributed by atoms with van der Waals surface area (Å²) in [5.41, 5.74) is 3.30. The van der Waals surface area contributed by atoms with Crippen molar-refractivity contribution in [2.45, 2.75) is 6.92 Å². The third-order valence-corrected chi connectivity index (χ3v) is 2.77. The fourth-order valence-corrected chi connectivity index (χ4v) is 1.71. The van der Waals surface area contributed by atoms with E-state index in [1.807, 2.05) is 6.92 Å². The lowest BCUT2D eigenvalue weighted by Crippen LogP contribution is -2.17. The van der Waals surface area contributed by atoms with Crippen LogP contribution in [0.1, 0.15) is 22.8 Å². The number of nitrogens with one attached hydrogen (secondary N) is 1. The number of ether oxygens (including phenoxy) is 1. The summed E-state index contributed by atoms with van der Waals surface area (Å²) in [4.78, 5) is 11.8. The lowest BCUT2D eigenvalue weighted by Gasteiger charge is -2.06. The summed E-state index contributed by atoms with van der Waals surface area (Å²) < 4.78 is 18.0. The van der Waals surface area contributed by atoms with Crippen LogP contribution in [0.2, 0.25) is 0 Å². The van der Waals surface area contributed by atoms with Gasteiger partial charge in [0, 0.05) is 5.56 Å². The molecule has 2 rings (SSSR count). The predicted octanol–water partition coefficient (Wildman–Crippen LogP) is 2.69. The molecule has 0 aromatic heterocycles. The van der Waals surface area contributed by atoms with Gasteiger partial charge in [0.1, 0.15) is 5.82 Å². The van der Waals surface area contributed by atoms with Gasteiger partial charge >= 0.3 is 0 Å². The number of carbonyl (C=O) groups is 1. The first-order chi connectivity index (χ1) is 10.6. The van der Waals surface area contributed by atoms with Gasteiger partial charge in [-0.05, 0) is 55.0 Å². The molecule has 0 spiro atoms. The van der Waals surface area contributed by atoms with Crippen LogP contribution >= 0.6 is 0 Å². The van der Waals surface area contributed by atoms with E-state index in [1.54, 1.807) is 12.1 Å². The molecule has 6 heteroatoms. The number of phenols is 1. The van der Waals surface area contributed by atoms with E-state index in [0.717, 1.165) is 0 Å². The average Bonchev–Trinajstić information content (AvgIpc) is 2.51. The van der Waals surface area contributed by atoms with Crippen molar-refractivity contribution in [2.75, 3.05) is 6.61 Å². The number of carbonyl (C=O) groups excluding carboxylic acids is 1. The molecule has 0 aliphatic heterocycles. The molecule has 0 fully saturated rings. The first-order valence-corrected chi connectivity index (χ1v) is 6.65. The van der Waals surface area contributed by atoms with Crippen molar-refractivity contribution in [1.29, 1.82) is 0 Å². The van der Waals surface area contributed by atoms with Crippen LogP contribution in [0.25, 0.3) is 0 Å². The van der Waals surface area contributed by atoms with Crippen molar-refractivity contribution >= 4 is 12.1 Å². The Morgan fingerprint density at radius 1 is 1.32 bits per heavy atom. The molecule has 0 unspecified atom stereocenters. The average molecular weight is 302 g/mol. The molecule has 0 saturated heterocycles. The van der Waals surface area contributed by atoms with Gasteiger partial charge in [-0.15, -0.1) is 0 Å². The molecule has 2 aromatic carbocycles. The van der Waals surface area contributed by atoms with Crippen molar-refractivity contribution in [3.63, 3.8) is 0 Å². The number of benzene rings is 2. The van der Waals surface area contributed by atoms with E-state index < -0.39 is 11.7 Å². The molecule has 22 heavy (non-hydrogen) atoms. The van der Waals surface area contributed by atoms with Crippen molar-refractivity contribution < 1.29 is 19.0 Å². The first-order valence-electron chi connectivity index (χ1n) is 6.65. The number of hydrazone groups is 1. The van der Waals surface area contributed by atoms with Gasteiger partial charge in [-0.2, -0.15) is 5.10 Å². The quantitative estimate of drug-likeness (QED) is 0.659. The van der Waals surface area contributed by atoms with Crippen LogP contribution in [0.5, 0.6) is 11.5 Å². The molecule has 5 nitrogen and oxygen atoms in total. The Bertz CT molecular complexity index is 684. The topological polar surface area (TPSA) is 70.9 Å². The summed E-state index contributed by atoms with van der Waals surface area (Å²) in [5.74, 6) is -0.474. The van der Waals surface area contributed by atoms with Crippen molar-refractivity contribution in [3.05, 3.63) is 59.4 Å². The summed E-state index contributed by atoms with van der Waals surface area (Å²) >= 11 is 0. The standard InChI is InChI=1S/C16H15FN2O3/c1-2-22-15-9-11(3-8-14(15)20)10-18-19-16(21)12-4-6-13(17)7-5-12/h3-10,20H,2H2,1H3,(H,19,21)/b18-10+. The highest BCUT2D eigenvalue weighted by atomic mass is 19.1. The maximum Gasteiger partial charge on any atom is 0.271 e. The number of nitrogens with zero attached hydrogens (tertiary/aromatic N) is 1. The molecular weight excluding hydrogens is 287 g/mol. The van der Waals surface area contributed by atoms with Gasteiger partial charge in [-0.3, -0.25) is 4.79 Å². The summed E-state index contributed by atoms with van der Waals surface area (Å²) in [6.07, 6.45) is 1.42.